The summed E-state index contributed by atoms with van der Waals surface area (Å²) in [4.78, 5) is 2.45. The van der Waals surface area contributed by atoms with Gasteiger partial charge in [0, 0.05) is 13.2 Å². The van der Waals surface area contributed by atoms with Gasteiger partial charge >= 0.3 is 0 Å². The summed E-state index contributed by atoms with van der Waals surface area (Å²) < 4.78 is 5.89. The number of hydrogen-bond donors (Lipinski definition) is 0. The van der Waals surface area contributed by atoms with E-state index in [4.69, 9.17) is 4.74 Å². The summed E-state index contributed by atoms with van der Waals surface area (Å²) in [5.41, 5.74) is 0. The van der Waals surface area contributed by atoms with Crippen LogP contribution in [0.2, 0.25) is 0 Å². The molecule has 2 heteroatoms. The molecule has 0 aliphatic carbocycles. The van der Waals surface area contributed by atoms with Gasteiger partial charge in [0.15, 0.2) is 0 Å². The minimum atomic E-state index is 0.888. The molecule has 0 spiro atoms. The predicted octanol–water partition coefficient (Wildman–Crippen LogP) is 12.6. The first kappa shape index (κ1) is 39.9. The lowest BCUT2D eigenvalue weighted by Crippen LogP contribution is -2.24. The summed E-state index contributed by atoms with van der Waals surface area (Å²) in [7, 11) is 2.25. The number of rotatable bonds is 33. The van der Waals surface area contributed by atoms with E-state index in [1.165, 1.54) is 148 Å². The monoisotopic (exact) mass is 572 g/mol. The quantitative estimate of drug-likeness (QED) is 0.0573. The molecule has 0 amide bonds. The zero-order valence-corrected chi connectivity index (χ0v) is 28.3. The van der Waals surface area contributed by atoms with E-state index in [1.807, 2.05) is 0 Å². The van der Waals surface area contributed by atoms with E-state index < -0.39 is 0 Å². The van der Waals surface area contributed by atoms with Crippen molar-refractivity contribution >= 4 is 0 Å². The molecule has 0 rings (SSSR count). The molecule has 0 atom stereocenters. The van der Waals surface area contributed by atoms with Crippen LogP contribution in [0.5, 0.6) is 0 Å². The molecule has 0 aliphatic rings. The molecular weight excluding hydrogens is 498 g/mol. The standard InChI is InChI=1S/C39H73NO/c1-4-6-8-10-12-14-16-18-20-22-24-26-28-30-32-34-36-40(3)37-39-41-38-35-33-31-29-27-25-23-21-19-17-15-13-11-9-7-5-2/h12-15,18-21H,4-11,16-17,22-39H2,1-3H3/b14-12?,15-13-,20-18?,21-19-. The van der Waals surface area contributed by atoms with E-state index in [-0.39, 0.29) is 0 Å². The maximum absolute atomic E-state index is 5.89. The SMILES string of the molecule is CCCCCC=CCC=CCCCCCCCCN(C)CCOCCCCCCCC/C=C\C/C=C\CCCCC. The number of likely N-dealkylation sites (N-methyl/N-ethyl adjacent to an activating group) is 1. The largest absolute Gasteiger partial charge is 0.380 e. The Morgan fingerprint density at radius 1 is 0.390 bits per heavy atom. The second kappa shape index (κ2) is 36.9. The van der Waals surface area contributed by atoms with Crippen LogP contribution in [-0.4, -0.2) is 38.3 Å². The summed E-state index contributed by atoms with van der Waals surface area (Å²) in [6, 6.07) is 0. The van der Waals surface area contributed by atoms with Gasteiger partial charge in [-0.1, -0.05) is 140 Å². The van der Waals surface area contributed by atoms with E-state index in [2.05, 4.69) is 74.4 Å². The molecule has 0 saturated carbocycles. The van der Waals surface area contributed by atoms with E-state index in [9.17, 15) is 0 Å². The van der Waals surface area contributed by atoms with Crippen molar-refractivity contribution in [2.75, 3.05) is 33.4 Å². The minimum Gasteiger partial charge on any atom is -0.380 e. The van der Waals surface area contributed by atoms with Crippen LogP contribution in [0.15, 0.2) is 48.6 Å². The summed E-state index contributed by atoms with van der Waals surface area (Å²) in [6.07, 6.45) is 50.3. The van der Waals surface area contributed by atoms with Gasteiger partial charge in [0.2, 0.25) is 0 Å². The molecular formula is C39H73NO. The van der Waals surface area contributed by atoms with Crippen molar-refractivity contribution in [3.8, 4) is 0 Å². The predicted molar refractivity (Wildman–Crippen MR) is 187 cm³/mol. The van der Waals surface area contributed by atoms with E-state index in [0.717, 1.165) is 32.6 Å². The molecule has 0 bridgehead atoms. The van der Waals surface area contributed by atoms with Crippen LogP contribution in [0, 0.1) is 0 Å². The molecule has 240 valence electrons. The van der Waals surface area contributed by atoms with Gasteiger partial charge < -0.3 is 9.64 Å². The molecule has 0 N–H and O–H groups in total. The third-order valence-corrected chi connectivity index (χ3v) is 7.85. The van der Waals surface area contributed by atoms with Crippen LogP contribution in [0.25, 0.3) is 0 Å². The first-order chi connectivity index (χ1) is 20.3. The molecule has 0 heterocycles. The van der Waals surface area contributed by atoms with Crippen molar-refractivity contribution in [1.29, 1.82) is 0 Å². The van der Waals surface area contributed by atoms with Crippen LogP contribution >= 0.6 is 0 Å². The number of nitrogens with zero attached hydrogens (tertiary/aromatic N) is 1. The fourth-order valence-electron chi connectivity index (χ4n) is 5.00. The van der Waals surface area contributed by atoms with Gasteiger partial charge in [-0.3, -0.25) is 0 Å². The highest BCUT2D eigenvalue weighted by Crippen LogP contribution is 2.10. The third kappa shape index (κ3) is 36.9. The lowest BCUT2D eigenvalue weighted by Gasteiger charge is -2.16. The molecule has 2 nitrogen and oxygen atoms in total. The number of hydrogen-bond acceptors (Lipinski definition) is 2. The zero-order valence-electron chi connectivity index (χ0n) is 28.3. The van der Waals surface area contributed by atoms with Crippen molar-refractivity contribution in [2.24, 2.45) is 0 Å². The third-order valence-electron chi connectivity index (χ3n) is 7.85. The Bertz CT molecular complexity index is 590. The average molecular weight is 572 g/mol. The van der Waals surface area contributed by atoms with Gasteiger partial charge in [-0.2, -0.15) is 0 Å². The summed E-state index contributed by atoms with van der Waals surface area (Å²) in [6.45, 7) is 8.64. The molecule has 0 aromatic rings. The van der Waals surface area contributed by atoms with Gasteiger partial charge in [0.05, 0.1) is 6.61 Å². The molecule has 0 unspecified atom stereocenters. The number of allylic oxidation sites excluding steroid dienone is 8. The van der Waals surface area contributed by atoms with E-state index in [1.54, 1.807) is 0 Å². The Morgan fingerprint density at radius 2 is 0.780 bits per heavy atom. The van der Waals surface area contributed by atoms with Crippen molar-refractivity contribution in [2.45, 2.75) is 168 Å². The fraction of sp³-hybridized carbons (Fsp3) is 0.795. The molecule has 0 radical (unpaired) electrons. The van der Waals surface area contributed by atoms with Crippen LogP contribution in [0.3, 0.4) is 0 Å². The molecule has 0 aliphatic heterocycles. The highest BCUT2D eigenvalue weighted by Gasteiger charge is 1.99. The zero-order chi connectivity index (χ0) is 29.7. The highest BCUT2D eigenvalue weighted by atomic mass is 16.5. The smallest absolute Gasteiger partial charge is 0.0593 e. The lowest BCUT2D eigenvalue weighted by molar-refractivity contribution is 0.107. The van der Waals surface area contributed by atoms with Crippen molar-refractivity contribution < 1.29 is 4.74 Å². The Balaban J connectivity index is 3.27. The van der Waals surface area contributed by atoms with Gasteiger partial charge in [0.25, 0.3) is 0 Å². The average Bonchev–Trinajstić information content (AvgIpc) is 2.98. The Morgan fingerprint density at radius 3 is 1.24 bits per heavy atom. The van der Waals surface area contributed by atoms with E-state index >= 15 is 0 Å². The molecule has 0 fully saturated rings. The summed E-state index contributed by atoms with van der Waals surface area (Å²) in [5, 5.41) is 0. The number of unbranched alkanes of at least 4 members (excludes halogenated alkanes) is 18. The van der Waals surface area contributed by atoms with Gasteiger partial charge in [-0.15, -0.1) is 0 Å². The topological polar surface area (TPSA) is 12.5 Å². The van der Waals surface area contributed by atoms with Gasteiger partial charge in [-0.25, -0.2) is 0 Å². The van der Waals surface area contributed by atoms with Gasteiger partial charge in [0.1, 0.15) is 0 Å². The van der Waals surface area contributed by atoms with Crippen LogP contribution in [0.4, 0.5) is 0 Å². The van der Waals surface area contributed by atoms with Crippen LogP contribution in [-0.2, 0) is 4.74 Å². The normalized spacial score (nSPS) is 12.5. The van der Waals surface area contributed by atoms with Crippen molar-refractivity contribution in [3.05, 3.63) is 48.6 Å². The number of ether oxygens (including phenoxy) is 1. The molecule has 41 heavy (non-hydrogen) atoms. The second-order valence-corrected chi connectivity index (χ2v) is 12.1. The summed E-state index contributed by atoms with van der Waals surface area (Å²) >= 11 is 0. The Labute approximate surface area is 259 Å². The first-order valence-corrected chi connectivity index (χ1v) is 18.2. The maximum atomic E-state index is 5.89. The molecule has 0 saturated heterocycles. The van der Waals surface area contributed by atoms with Crippen LogP contribution in [0.1, 0.15) is 168 Å². The lowest BCUT2D eigenvalue weighted by atomic mass is 10.1. The highest BCUT2D eigenvalue weighted by molar-refractivity contribution is 4.93. The fourth-order valence-corrected chi connectivity index (χ4v) is 5.00. The van der Waals surface area contributed by atoms with Crippen molar-refractivity contribution in [1.82, 2.24) is 4.90 Å². The van der Waals surface area contributed by atoms with E-state index in [0.29, 0.717) is 0 Å². The molecule has 0 aromatic heterocycles. The maximum Gasteiger partial charge on any atom is 0.0593 e. The Kier molecular flexibility index (Phi) is 35.9. The van der Waals surface area contributed by atoms with Crippen molar-refractivity contribution in [3.63, 3.8) is 0 Å². The minimum absolute atomic E-state index is 0.888. The van der Waals surface area contributed by atoms with Gasteiger partial charge in [-0.05, 0) is 90.6 Å². The summed E-state index contributed by atoms with van der Waals surface area (Å²) in [5.74, 6) is 0. The van der Waals surface area contributed by atoms with Crippen LogP contribution < -0.4 is 0 Å². The second-order valence-electron chi connectivity index (χ2n) is 12.1. The first-order valence-electron chi connectivity index (χ1n) is 18.2. The Hall–Kier alpha value is -1.12. The molecule has 0 aromatic carbocycles.